The quantitative estimate of drug-likeness (QED) is 0.570. The number of amides is 1. The van der Waals surface area contributed by atoms with Crippen molar-refractivity contribution in [2.45, 2.75) is 18.8 Å². The van der Waals surface area contributed by atoms with E-state index in [1.54, 1.807) is 17.0 Å². The number of hydrogen-bond acceptors (Lipinski definition) is 4. The van der Waals surface area contributed by atoms with Gasteiger partial charge >= 0.3 is 0 Å². The van der Waals surface area contributed by atoms with Crippen molar-refractivity contribution in [3.05, 3.63) is 92.4 Å². The fourth-order valence-electron chi connectivity index (χ4n) is 4.12. The second kappa shape index (κ2) is 9.65. The van der Waals surface area contributed by atoms with Crippen molar-refractivity contribution in [1.82, 2.24) is 9.47 Å². The normalized spacial score (nSPS) is 14.0. The highest BCUT2D eigenvalue weighted by molar-refractivity contribution is 6.34. The molecule has 1 aliphatic heterocycles. The van der Waals surface area contributed by atoms with Gasteiger partial charge in [-0.25, -0.2) is 8.78 Å². The lowest BCUT2D eigenvalue weighted by Crippen LogP contribution is -2.39. The first-order valence-electron chi connectivity index (χ1n) is 10.7. The van der Waals surface area contributed by atoms with Crippen LogP contribution in [0.25, 0.3) is 0 Å². The summed E-state index contributed by atoms with van der Waals surface area (Å²) < 4.78 is 28.9. The third-order valence-electron chi connectivity index (χ3n) is 6.03. The Kier molecular flexibility index (Phi) is 6.66. The number of nitriles is 1. The van der Waals surface area contributed by atoms with Crippen LogP contribution in [-0.4, -0.2) is 28.5 Å². The zero-order valence-electron chi connectivity index (χ0n) is 18.3. The van der Waals surface area contributed by atoms with Crippen molar-refractivity contribution in [3.8, 4) is 6.07 Å². The summed E-state index contributed by atoms with van der Waals surface area (Å²) in [6.45, 7) is 0.929. The molecule has 1 saturated heterocycles. The zero-order valence-corrected chi connectivity index (χ0v) is 19.1. The van der Waals surface area contributed by atoms with Gasteiger partial charge in [-0.2, -0.15) is 5.26 Å². The zero-order chi connectivity index (χ0) is 24.4. The summed E-state index contributed by atoms with van der Waals surface area (Å²) in [5, 5.41) is 11.5. The molecule has 0 unspecified atom stereocenters. The Morgan fingerprint density at radius 2 is 1.82 bits per heavy atom. The highest BCUT2D eigenvalue weighted by atomic mass is 35.5. The fraction of sp³-hybridized carbons (Fsp3) is 0.240. The Bertz CT molecular complexity index is 1340. The SMILES string of the molecule is Cn1cc(C(=O)N2CCC(c3ccc(F)cc3)CC2)c(Nc2ccc(C#N)cc2F)c(Cl)c1=O. The molecule has 2 heterocycles. The van der Waals surface area contributed by atoms with E-state index < -0.39 is 11.4 Å². The van der Waals surface area contributed by atoms with Crippen molar-refractivity contribution in [1.29, 1.82) is 5.26 Å². The maximum absolute atomic E-state index is 14.5. The van der Waals surface area contributed by atoms with Gasteiger partial charge in [-0.05, 0) is 54.7 Å². The molecule has 1 N–H and O–H groups in total. The van der Waals surface area contributed by atoms with E-state index in [1.807, 2.05) is 6.07 Å². The first kappa shape index (κ1) is 23.5. The minimum absolute atomic E-state index is 0.0130. The molecule has 1 amide bonds. The first-order valence-corrected chi connectivity index (χ1v) is 11.1. The average Bonchev–Trinajstić information content (AvgIpc) is 2.85. The molecule has 174 valence electrons. The number of aryl methyl sites for hydroxylation is 1. The molecule has 3 aromatic rings. The molecule has 0 atom stereocenters. The largest absolute Gasteiger partial charge is 0.351 e. The number of aromatic nitrogens is 1. The van der Waals surface area contributed by atoms with Crippen molar-refractivity contribution < 1.29 is 13.6 Å². The molecular weight excluding hydrogens is 462 g/mol. The standard InChI is InChI=1S/C25H21ClF2N4O2/c1-31-14-19(23(22(26)25(31)34)30-21-7-2-15(13-29)12-20(21)28)24(33)32-10-8-17(9-11-32)16-3-5-18(27)6-4-16/h2-7,12,14,17,30H,8-11H2,1H3. The monoisotopic (exact) mass is 482 g/mol. The Hall–Kier alpha value is -3.70. The maximum Gasteiger partial charge on any atom is 0.271 e. The van der Waals surface area contributed by atoms with E-state index in [4.69, 9.17) is 16.9 Å². The number of anilines is 2. The molecule has 0 spiro atoms. The molecule has 0 saturated carbocycles. The van der Waals surface area contributed by atoms with Gasteiger partial charge in [-0.1, -0.05) is 23.7 Å². The van der Waals surface area contributed by atoms with Crippen molar-refractivity contribution in [3.63, 3.8) is 0 Å². The minimum atomic E-state index is -0.714. The molecule has 0 aliphatic carbocycles. The minimum Gasteiger partial charge on any atom is -0.351 e. The highest BCUT2D eigenvalue weighted by Gasteiger charge is 2.28. The summed E-state index contributed by atoms with van der Waals surface area (Å²) in [6, 6.07) is 12.1. The number of piperidine rings is 1. The second-order valence-corrected chi connectivity index (χ2v) is 8.58. The number of likely N-dealkylation sites (tertiary alicyclic amines) is 1. The van der Waals surface area contributed by atoms with Crippen LogP contribution in [0.15, 0.2) is 53.5 Å². The molecule has 1 aromatic heterocycles. The average molecular weight is 483 g/mol. The Labute approximate surface area is 200 Å². The van der Waals surface area contributed by atoms with Gasteiger partial charge in [-0.15, -0.1) is 0 Å². The number of carbonyl (C=O) groups excluding carboxylic acids is 1. The summed E-state index contributed by atoms with van der Waals surface area (Å²) >= 11 is 6.29. The molecule has 34 heavy (non-hydrogen) atoms. The van der Waals surface area contributed by atoms with Gasteiger partial charge in [0.2, 0.25) is 0 Å². The molecule has 1 aliphatic rings. The van der Waals surface area contributed by atoms with Crippen LogP contribution >= 0.6 is 11.6 Å². The Morgan fingerprint density at radius 3 is 2.44 bits per heavy atom. The number of hydrogen-bond donors (Lipinski definition) is 1. The van der Waals surface area contributed by atoms with Crippen LogP contribution in [0.2, 0.25) is 5.02 Å². The molecule has 0 radical (unpaired) electrons. The highest BCUT2D eigenvalue weighted by Crippen LogP contribution is 2.32. The van der Waals surface area contributed by atoms with E-state index in [-0.39, 0.29) is 45.2 Å². The predicted octanol–water partition coefficient (Wildman–Crippen LogP) is 4.95. The molecule has 9 heteroatoms. The molecule has 1 fully saturated rings. The van der Waals surface area contributed by atoms with Gasteiger partial charge in [0.1, 0.15) is 16.7 Å². The number of nitrogens with one attached hydrogen (secondary N) is 1. The smallest absolute Gasteiger partial charge is 0.271 e. The number of pyridine rings is 1. The molecule has 0 bridgehead atoms. The van der Waals surface area contributed by atoms with E-state index in [0.29, 0.717) is 25.9 Å². The van der Waals surface area contributed by atoms with E-state index in [1.165, 1.54) is 42.1 Å². The first-order chi connectivity index (χ1) is 16.3. The summed E-state index contributed by atoms with van der Waals surface area (Å²) in [5.41, 5.74) is 0.758. The molecular formula is C25H21ClF2N4O2. The number of rotatable bonds is 4. The van der Waals surface area contributed by atoms with Crippen LogP contribution in [0, 0.1) is 23.0 Å². The lowest BCUT2D eigenvalue weighted by atomic mass is 9.89. The van der Waals surface area contributed by atoms with Crippen LogP contribution < -0.4 is 10.9 Å². The third-order valence-corrected chi connectivity index (χ3v) is 6.38. The number of halogens is 3. The van der Waals surface area contributed by atoms with Gasteiger partial charge in [-0.3, -0.25) is 9.59 Å². The third kappa shape index (κ3) is 4.66. The lowest BCUT2D eigenvalue weighted by molar-refractivity contribution is 0.0713. The molecule has 4 rings (SSSR count). The van der Waals surface area contributed by atoms with E-state index in [9.17, 15) is 18.4 Å². The van der Waals surface area contributed by atoms with Crippen LogP contribution in [-0.2, 0) is 7.05 Å². The Morgan fingerprint density at radius 1 is 1.15 bits per heavy atom. The van der Waals surface area contributed by atoms with Crippen molar-refractivity contribution in [2.75, 3.05) is 18.4 Å². The molecule has 2 aromatic carbocycles. The fourth-order valence-corrected chi connectivity index (χ4v) is 4.41. The van der Waals surface area contributed by atoms with E-state index in [2.05, 4.69) is 5.32 Å². The Balaban J connectivity index is 1.60. The van der Waals surface area contributed by atoms with Gasteiger partial charge in [0.25, 0.3) is 11.5 Å². The summed E-state index contributed by atoms with van der Waals surface area (Å²) in [7, 11) is 1.48. The van der Waals surface area contributed by atoms with Gasteiger partial charge < -0.3 is 14.8 Å². The number of nitrogens with zero attached hydrogens (tertiary/aromatic N) is 3. The predicted molar refractivity (Wildman–Crippen MR) is 125 cm³/mol. The topological polar surface area (TPSA) is 78.1 Å². The van der Waals surface area contributed by atoms with Crippen LogP contribution in [0.1, 0.15) is 40.2 Å². The van der Waals surface area contributed by atoms with E-state index in [0.717, 1.165) is 11.6 Å². The van der Waals surface area contributed by atoms with Gasteiger partial charge in [0.15, 0.2) is 0 Å². The molecule has 6 nitrogen and oxygen atoms in total. The maximum atomic E-state index is 14.5. The van der Waals surface area contributed by atoms with E-state index >= 15 is 0 Å². The van der Waals surface area contributed by atoms with Crippen molar-refractivity contribution >= 4 is 28.9 Å². The number of carbonyl (C=O) groups is 1. The van der Waals surface area contributed by atoms with Crippen LogP contribution in [0.5, 0.6) is 0 Å². The van der Waals surface area contributed by atoms with Crippen molar-refractivity contribution in [2.24, 2.45) is 7.05 Å². The van der Waals surface area contributed by atoms with Crippen LogP contribution in [0.3, 0.4) is 0 Å². The lowest BCUT2D eigenvalue weighted by Gasteiger charge is -2.33. The summed E-state index contributed by atoms with van der Waals surface area (Å²) in [6.07, 6.45) is 2.78. The second-order valence-electron chi connectivity index (χ2n) is 8.20. The van der Waals surface area contributed by atoms with Gasteiger partial charge in [0.05, 0.1) is 28.6 Å². The van der Waals surface area contributed by atoms with Crippen LogP contribution in [0.4, 0.5) is 20.2 Å². The van der Waals surface area contributed by atoms with Gasteiger partial charge in [0, 0.05) is 26.3 Å². The summed E-state index contributed by atoms with van der Waals surface area (Å²) in [5.74, 6) is -1.14. The number of benzene rings is 2. The summed E-state index contributed by atoms with van der Waals surface area (Å²) in [4.78, 5) is 27.5.